The van der Waals surface area contributed by atoms with Crippen molar-refractivity contribution in [2.24, 2.45) is 5.92 Å². The highest BCUT2D eigenvalue weighted by molar-refractivity contribution is 5.80. The van der Waals surface area contributed by atoms with Crippen LogP contribution in [0.15, 0.2) is 25.0 Å². The van der Waals surface area contributed by atoms with Gasteiger partial charge in [0.05, 0.1) is 6.04 Å². The van der Waals surface area contributed by atoms with Gasteiger partial charge in [-0.1, -0.05) is 27.7 Å². The minimum absolute atomic E-state index is 0.136. The fourth-order valence-electron chi connectivity index (χ4n) is 3.71. The predicted octanol–water partition coefficient (Wildman–Crippen LogP) is 2.66. The first-order valence-corrected chi connectivity index (χ1v) is 9.14. The van der Waals surface area contributed by atoms with E-state index in [4.69, 9.17) is 0 Å². The first-order valence-electron chi connectivity index (χ1n) is 9.14. The number of rotatable bonds is 5. The first-order chi connectivity index (χ1) is 12.0. The zero-order valence-electron chi connectivity index (χ0n) is 15.5. The number of likely N-dealkylation sites (tertiary alicyclic amines) is 1. The van der Waals surface area contributed by atoms with Crippen LogP contribution in [-0.4, -0.2) is 48.2 Å². The van der Waals surface area contributed by atoms with Crippen molar-refractivity contribution < 1.29 is 4.79 Å². The van der Waals surface area contributed by atoms with Crippen LogP contribution >= 0.6 is 0 Å². The fourth-order valence-corrected chi connectivity index (χ4v) is 3.71. The average molecular weight is 344 g/mol. The molecule has 7 heteroatoms. The minimum atomic E-state index is -0.298. The molecule has 2 aromatic rings. The number of hydrogen-bond donors (Lipinski definition) is 0. The van der Waals surface area contributed by atoms with Crippen molar-refractivity contribution in [3.8, 4) is 0 Å². The van der Waals surface area contributed by atoms with Gasteiger partial charge in [0.1, 0.15) is 24.5 Å². The summed E-state index contributed by atoms with van der Waals surface area (Å²) in [5.41, 5.74) is 0. The summed E-state index contributed by atoms with van der Waals surface area (Å²) in [6, 6.07) is -0.00485. The molecule has 1 aliphatic heterocycles. The number of amides is 1. The third-order valence-electron chi connectivity index (χ3n) is 4.92. The van der Waals surface area contributed by atoms with Crippen molar-refractivity contribution in [3.05, 3.63) is 30.9 Å². The van der Waals surface area contributed by atoms with Crippen LogP contribution in [0.5, 0.6) is 0 Å². The van der Waals surface area contributed by atoms with Crippen molar-refractivity contribution in [1.82, 2.24) is 29.2 Å². The van der Waals surface area contributed by atoms with Crippen molar-refractivity contribution >= 4 is 5.91 Å². The largest absolute Gasteiger partial charge is 0.339 e. The van der Waals surface area contributed by atoms with E-state index in [0.717, 1.165) is 31.8 Å². The Kier molecular flexibility index (Phi) is 5.20. The second-order valence-electron chi connectivity index (χ2n) is 7.49. The van der Waals surface area contributed by atoms with Crippen molar-refractivity contribution in [1.29, 1.82) is 0 Å². The average Bonchev–Trinajstić information content (AvgIpc) is 3.26. The van der Waals surface area contributed by atoms with Crippen LogP contribution < -0.4 is 0 Å². The van der Waals surface area contributed by atoms with E-state index < -0.39 is 0 Å². The number of carbonyl (C=O) groups excluding carboxylic acids is 1. The van der Waals surface area contributed by atoms with E-state index in [1.807, 2.05) is 17.3 Å². The zero-order valence-corrected chi connectivity index (χ0v) is 15.5. The van der Waals surface area contributed by atoms with E-state index in [1.165, 1.54) is 6.33 Å². The molecule has 0 aromatic carbocycles. The molecule has 3 rings (SSSR count). The second kappa shape index (κ2) is 7.37. The Hall–Kier alpha value is -2.18. The van der Waals surface area contributed by atoms with Crippen molar-refractivity contribution in [3.63, 3.8) is 0 Å². The molecule has 2 atom stereocenters. The van der Waals surface area contributed by atoms with Crippen LogP contribution in [0, 0.1) is 5.92 Å². The Morgan fingerprint density at radius 2 is 2.08 bits per heavy atom. The maximum Gasteiger partial charge on any atom is 0.247 e. The molecule has 2 aromatic heterocycles. The van der Waals surface area contributed by atoms with Crippen LogP contribution in [0.3, 0.4) is 0 Å². The molecule has 7 nitrogen and oxygen atoms in total. The number of carbonyl (C=O) groups is 1. The fraction of sp³-hybridized carbons (Fsp3) is 0.667. The number of hydrogen-bond acceptors (Lipinski definition) is 4. The number of aromatic nitrogens is 5. The smallest absolute Gasteiger partial charge is 0.247 e. The van der Waals surface area contributed by atoms with E-state index >= 15 is 0 Å². The van der Waals surface area contributed by atoms with Gasteiger partial charge in [0.2, 0.25) is 5.91 Å². The lowest BCUT2D eigenvalue weighted by Gasteiger charge is -2.37. The minimum Gasteiger partial charge on any atom is -0.339 e. The summed E-state index contributed by atoms with van der Waals surface area (Å²) in [6.07, 6.45) is 9.12. The molecular formula is C18H28N6O. The van der Waals surface area contributed by atoms with Gasteiger partial charge in [0.15, 0.2) is 0 Å². The SMILES string of the molecule is CC(C)c1nccn1[C@H]1CCCN(C(=O)[C@H](C(C)C)n2cncn2)C1. The van der Waals surface area contributed by atoms with Gasteiger partial charge in [-0.05, 0) is 18.8 Å². The highest BCUT2D eigenvalue weighted by Crippen LogP contribution is 2.28. The molecule has 0 aliphatic carbocycles. The molecule has 1 aliphatic rings. The number of piperidine rings is 1. The maximum absolute atomic E-state index is 13.2. The van der Waals surface area contributed by atoms with Crippen molar-refractivity contribution in [2.45, 2.75) is 58.5 Å². The third-order valence-corrected chi connectivity index (χ3v) is 4.92. The topological polar surface area (TPSA) is 68.8 Å². The molecule has 0 radical (unpaired) electrons. The predicted molar refractivity (Wildman–Crippen MR) is 95.1 cm³/mol. The normalized spacial score (nSPS) is 19.6. The lowest BCUT2D eigenvalue weighted by atomic mass is 9.99. The van der Waals surface area contributed by atoms with Crippen LogP contribution in [0.1, 0.15) is 64.4 Å². The van der Waals surface area contributed by atoms with E-state index in [-0.39, 0.29) is 17.9 Å². The van der Waals surface area contributed by atoms with Crippen LogP contribution in [-0.2, 0) is 4.79 Å². The van der Waals surface area contributed by atoms with E-state index in [1.54, 1.807) is 11.0 Å². The molecule has 3 heterocycles. The van der Waals surface area contributed by atoms with Gasteiger partial charge in [-0.25, -0.2) is 14.6 Å². The molecule has 1 saturated heterocycles. The Bertz CT molecular complexity index is 690. The Morgan fingerprint density at radius 1 is 1.28 bits per heavy atom. The summed E-state index contributed by atoms with van der Waals surface area (Å²) in [7, 11) is 0. The van der Waals surface area contributed by atoms with Crippen molar-refractivity contribution in [2.75, 3.05) is 13.1 Å². The summed E-state index contributed by atoms with van der Waals surface area (Å²) in [5, 5.41) is 4.20. The second-order valence-corrected chi connectivity index (χ2v) is 7.49. The molecule has 25 heavy (non-hydrogen) atoms. The lowest BCUT2D eigenvalue weighted by Crippen LogP contribution is -2.45. The van der Waals surface area contributed by atoms with Crippen LogP contribution in [0.25, 0.3) is 0 Å². The Labute approximate surface area is 149 Å². The zero-order chi connectivity index (χ0) is 18.0. The van der Waals surface area contributed by atoms with Crippen LogP contribution in [0.2, 0.25) is 0 Å². The molecule has 1 amide bonds. The van der Waals surface area contributed by atoms with Gasteiger partial charge in [0, 0.05) is 31.4 Å². The molecule has 0 bridgehead atoms. The summed E-state index contributed by atoms with van der Waals surface area (Å²) >= 11 is 0. The van der Waals surface area contributed by atoms with E-state index in [2.05, 4.69) is 47.3 Å². The molecule has 0 spiro atoms. The Balaban J connectivity index is 1.78. The maximum atomic E-state index is 13.2. The van der Waals surface area contributed by atoms with Gasteiger partial charge in [0.25, 0.3) is 0 Å². The number of imidazole rings is 1. The lowest BCUT2D eigenvalue weighted by molar-refractivity contribution is -0.138. The molecule has 0 N–H and O–H groups in total. The van der Waals surface area contributed by atoms with Gasteiger partial charge in [-0.3, -0.25) is 4.79 Å². The van der Waals surface area contributed by atoms with Gasteiger partial charge >= 0.3 is 0 Å². The molecular weight excluding hydrogens is 316 g/mol. The molecule has 0 unspecified atom stereocenters. The van der Waals surface area contributed by atoms with Gasteiger partial charge in [-0.15, -0.1) is 0 Å². The van der Waals surface area contributed by atoms with E-state index in [9.17, 15) is 4.79 Å². The summed E-state index contributed by atoms with van der Waals surface area (Å²) in [4.78, 5) is 23.7. The highest BCUT2D eigenvalue weighted by Gasteiger charge is 2.33. The summed E-state index contributed by atoms with van der Waals surface area (Å²) < 4.78 is 3.94. The van der Waals surface area contributed by atoms with Crippen LogP contribution in [0.4, 0.5) is 0 Å². The van der Waals surface area contributed by atoms with Gasteiger partial charge in [-0.2, -0.15) is 5.10 Å². The Morgan fingerprint density at radius 3 is 2.72 bits per heavy atom. The summed E-state index contributed by atoms with van der Waals surface area (Å²) in [5.74, 6) is 1.76. The summed E-state index contributed by atoms with van der Waals surface area (Å²) in [6.45, 7) is 9.96. The molecule has 0 saturated carbocycles. The van der Waals surface area contributed by atoms with E-state index in [0.29, 0.717) is 12.0 Å². The van der Waals surface area contributed by atoms with Gasteiger partial charge < -0.3 is 9.47 Å². The standard InChI is InChI=1S/C18H28N6O/c1-13(2)16(24-12-19-11-21-24)18(25)22-8-5-6-15(10-22)23-9-7-20-17(23)14(3)4/h7,9,11-16H,5-6,8,10H2,1-4H3/t15-,16-/m0/s1. The molecule has 136 valence electrons. The monoisotopic (exact) mass is 344 g/mol. The quantitative estimate of drug-likeness (QED) is 0.836. The highest BCUT2D eigenvalue weighted by atomic mass is 16.2. The third kappa shape index (κ3) is 3.60. The first kappa shape index (κ1) is 17.6. The molecule has 1 fully saturated rings. The number of nitrogens with zero attached hydrogens (tertiary/aromatic N) is 6.